The van der Waals surface area contributed by atoms with Crippen LogP contribution < -0.4 is 0 Å². The zero-order valence-corrected chi connectivity index (χ0v) is 11.2. The maximum atomic E-state index is 10.1. The molecule has 0 rings (SSSR count). The molecule has 0 unspecified atom stereocenters. The predicted molar refractivity (Wildman–Crippen MR) is 63.1 cm³/mol. The molecule has 0 saturated heterocycles. The second-order valence-corrected chi connectivity index (χ2v) is 8.05. The standard InChI is InChI=1S/C9H21P.CF3N/c1-7(2)10(8(3)4)9(5)6;2-1(3)5-4/h7-9H,1-6H3;. The molecule has 0 heterocycles. The predicted octanol–water partition coefficient (Wildman–Crippen LogP) is 4.86. The van der Waals surface area contributed by atoms with E-state index >= 15 is 0 Å². The van der Waals surface area contributed by atoms with Gasteiger partial charge >= 0.3 is 6.22 Å². The fraction of sp³-hybridized carbons (Fsp3) is 0.900. The molecule has 0 amide bonds. The van der Waals surface area contributed by atoms with E-state index < -0.39 is 6.22 Å². The Kier molecular flexibility index (Phi) is 10.5. The van der Waals surface area contributed by atoms with E-state index in [-0.39, 0.29) is 7.92 Å². The van der Waals surface area contributed by atoms with Crippen LogP contribution in [0.3, 0.4) is 0 Å². The van der Waals surface area contributed by atoms with Crippen molar-refractivity contribution >= 4 is 14.1 Å². The summed E-state index contributed by atoms with van der Waals surface area (Å²) in [6.07, 6.45) is -2.54. The van der Waals surface area contributed by atoms with E-state index in [2.05, 4.69) is 41.5 Å². The fourth-order valence-corrected chi connectivity index (χ4v) is 5.37. The van der Waals surface area contributed by atoms with Crippen LogP contribution in [0.1, 0.15) is 41.5 Å². The molecule has 15 heavy (non-hydrogen) atoms. The lowest BCUT2D eigenvalue weighted by Gasteiger charge is -2.29. The van der Waals surface area contributed by atoms with Crippen molar-refractivity contribution in [2.24, 2.45) is 5.21 Å². The van der Waals surface area contributed by atoms with E-state index in [1.807, 2.05) is 0 Å². The summed E-state index contributed by atoms with van der Waals surface area (Å²) in [4.78, 5) is 0. The van der Waals surface area contributed by atoms with E-state index in [1.54, 1.807) is 0 Å². The number of nitrogens with zero attached hydrogens (tertiary/aromatic N) is 1. The molecular weight excluding hydrogens is 222 g/mol. The van der Waals surface area contributed by atoms with Gasteiger partial charge in [0.15, 0.2) is 0 Å². The van der Waals surface area contributed by atoms with Crippen molar-refractivity contribution in [3.63, 3.8) is 0 Å². The van der Waals surface area contributed by atoms with Gasteiger partial charge in [0.25, 0.3) is 0 Å². The summed E-state index contributed by atoms with van der Waals surface area (Å²) >= 11 is 0. The van der Waals surface area contributed by atoms with Crippen molar-refractivity contribution in [3.05, 3.63) is 0 Å². The molecule has 0 aliphatic rings. The highest BCUT2D eigenvalue weighted by atomic mass is 31.1. The van der Waals surface area contributed by atoms with Crippen LogP contribution in [0.15, 0.2) is 5.21 Å². The SMILES string of the molecule is CC(C)P(C(C)C)C(C)C.FN=C(F)F. The minimum absolute atomic E-state index is 0.262. The van der Waals surface area contributed by atoms with Crippen molar-refractivity contribution in [1.82, 2.24) is 0 Å². The Bertz CT molecular complexity index is 158. The van der Waals surface area contributed by atoms with Gasteiger partial charge < -0.3 is 0 Å². The van der Waals surface area contributed by atoms with Crippen LogP contribution in [0.2, 0.25) is 0 Å². The molecule has 0 aromatic rings. The average Bonchev–Trinajstić information content (AvgIpc) is 2.02. The molecule has 0 aromatic carbocycles. The van der Waals surface area contributed by atoms with Crippen LogP contribution in [-0.2, 0) is 0 Å². The first kappa shape index (κ1) is 17.3. The molecule has 92 valence electrons. The first-order valence-electron chi connectivity index (χ1n) is 5.01. The first-order valence-corrected chi connectivity index (χ1v) is 6.56. The van der Waals surface area contributed by atoms with E-state index in [9.17, 15) is 13.3 Å². The van der Waals surface area contributed by atoms with Crippen LogP contribution in [0, 0.1) is 0 Å². The van der Waals surface area contributed by atoms with Crippen molar-refractivity contribution in [3.8, 4) is 0 Å². The van der Waals surface area contributed by atoms with E-state index in [0.29, 0.717) is 0 Å². The van der Waals surface area contributed by atoms with Gasteiger partial charge in [0, 0.05) is 0 Å². The minimum atomic E-state index is -2.54. The van der Waals surface area contributed by atoms with Gasteiger partial charge in [0.1, 0.15) is 0 Å². The number of halogens is 3. The second-order valence-electron chi connectivity index (χ2n) is 4.05. The molecule has 0 spiro atoms. The van der Waals surface area contributed by atoms with Crippen molar-refractivity contribution in [2.75, 3.05) is 0 Å². The van der Waals surface area contributed by atoms with Gasteiger partial charge in [-0.05, 0) is 22.2 Å². The van der Waals surface area contributed by atoms with Crippen molar-refractivity contribution in [1.29, 1.82) is 0 Å². The molecule has 0 saturated carbocycles. The third-order valence-electron chi connectivity index (χ3n) is 1.85. The Labute approximate surface area is 91.9 Å². The highest BCUT2D eigenvalue weighted by molar-refractivity contribution is 7.59. The zero-order chi connectivity index (χ0) is 12.6. The molecule has 0 aromatic heterocycles. The van der Waals surface area contributed by atoms with Crippen molar-refractivity contribution in [2.45, 2.75) is 58.5 Å². The lowest BCUT2D eigenvalue weighted by molar-refractivity contribution is 0.477. The molecule has 0 aliphatic carbocycles. The van der Waals surface area contributed by atoms with Crippen LogP contribution in [0.5, 0.6) is 0 Å². The highest BCUT2D eigenvalue weighted by Crippen LogP contribution is 2.49. The second kappa shape index (κ2) is 9.14. The van der Waals surface area contributed by atoms with Gasteiger partial charge in [-0.1, -0.05) is 53.9 Å². The van der Waals surface area contributed by atoms with Crippen LogP contribution in [-0.4, -0.2) is 23.2 Å². The molecule has 0 N–H and O–H groups in total. The van der Waals surface area contributed by atoms with E-state index in [4.69, 9.17) is 0 Å². The minimum Gasteiger partial charge on any atom is -0.148 e. The summed E-state index contributed by atoms with van der Waals surface area (Å²) in [6, 6.07) is 0. The monoisotopic (exact) mass is 243 g/mol. The molecular formula is C10H21F3NP. The molecule has 1 nitrogen and oxygen atoms in total. The molecule has 0 aliphatic heterocycles. The summed E-state index contributed by atoms with van der Waals surface area (Å²) in [5, 5.41) is 0.972. The van der Waals surface area contributed by atoms with Gasteiger partial charge in [-0.15, -0.1) is 8.78 Å². The first-order chi connectivity index (χ1) is 6.73. The summed E-state index contributed by atoms with van der Waals surface area (Å²) in [6.45, 7) is 14.1. The fourth-order valence-electron chi connectivity index (χ4n) is 1.79. The van der Waals surface area contributed by atoms with Gasteiger partial charge in [0.05, 0.1) is 0 Å². The summed E-state index contributed by atoms with van der Waals surface area (Å²) in [5.74, 6) is 0. The largest absolute Gasteiger partial charge is 0.391 e. The quantitative estimate of drug-likeness (QED) is 0.496. The average molecular weight is 243 g/mol. The van der Waals surface area contributed by atoms with E-state index in [0.717, 1.165) is 22.2 Å². The van der Waals surface area contributed by atoms with Gasteiger partial charge in [0.2, 0.25) is 0 Å². The summed E-state index contributed by atoms with van der Waals surface area (Å²) < 4.78 is 30.2. The molecule has 0 fully saturated rings. The third-order valence-corrected chi connectivity index (χ3v) is 5.43. The topological polar surface area (TPSA) is 12.4 Å². The Morgan fingerprint density at radius 3 is 1.07 bits per heavy atom. The third kappa shape index (κ3) is 10.2. The smallest absolute Gasteiger partial charge is 0.148 e. The highest BCUT2D eigenvalue weighted by Gasteiger charge is 2.19. The van der Waals surface area contributed by atoms with Gasteiger partial charge in [-0.3, -0.25) is 0 Å². The molecule has 0 radical (unpaired) electrons. The maximum absolute atomic E-state index is 10.1. The van der Waals surface area contributed by atoms with Gasteiger partial charge in [-0.25, -0.2) is 0 Å². The number of rotatable bonds is 3. The Balaban J connectivity index is 0. The zero-order valence-electron chi connectivity index (χ0n) is 10.3. The Hall–Kier alpha value is -0.110. The van der Waals surface area contributed by atoms with Crippen LogP contribution >= 0.6 is 7.92 Å². The number of hydrogen-bond donors (Lipinski definition) is 0. The Morgan fingerprint density at radius 2 is 1.07 bits per heavy atom. The molecule has 0 bridgehead atoms. The van der Waals surface area contributed by atoms with Crippen LogP contribution in [0.25, 0.3) is 0 Å². The molecule has 5 heteroatoms. The van der Waals surface area contributed by atoms with Crippen LogP contribution in [0.4, 0.5) is 13.3 Å². The molecule has 0 atom stereocenters. The lowest BCUT2D eigenvalue weighted by Crippen LogP contribution is -2.10. The van der Waals surface area contributed by atoms with Crippen molar-refractivity contribution < 1.29 is 13.3 Å². The number of hydrogen-bond acceptors (Lipinski definition) is 1. The normalized spacial score (nSPS) is 10.7. The summed E-state index contributed by atoms with van der Waals surface area (Å²) in [7, 11) is 0.262. The van der Waals surface area contributed by atoms with E-state index in [1.165, 1.54) is 0 Å². The Morgan fingerprint density at radius 1 is 0.867 bits per heavy atom. The lowest BCUT2D eigenvalue weighted by atomic mass is 10.5. The van der Waals surface area contributed by atoms with Gasteiger partial charge in [-0.2, -0.15) is 0 Å². The summed E-state index contributed by atoms with van der Waals surface area (Å²) in [5.41, 5.74) is 2.69. The maximum Gasteiger partial charge on any atom is 0.391 e.